The van der Waals surface area contributed by atoms with Crippen molar-refractivity contribution in [3.8, 4) is 34.8 Å². The van der Waals surface area contributed by atoms with Gasteiger partial charge in [0, 0.05) is 16.8 Å². The predicted molar refractivity (Wildman–Crippen MR) is 80.8 cm³/mol. The molecule has 0 saturated heterocycles. The molecule has 1 aliphatic heterocycles. The molecule has 0 bridgehead atoms. The lowest BCUT2D eigenvalue weighted by Gasteiger charge is -2.08. The number of pyridine rings is 1. The molecule has 0 atom stereocenters. The van der Waals surface area contributed by atoms with Crippen molar-refractivity contribution in [3.05, 3.63) is 48.3 Å². The van der Waals surface area contributed by atoms with Crippen LogP contribution in [0.15, 0.2) is 42.6 Å². The zero-order chi connectivity index (χ0) is 15.8. The van der Waals surface area contributed by atoms with E-state index in [0.29, 0.717) is 33.8 Å². The van der Waals surface area contributed by atoms with Gasteiger partial charge in [0.05, 0.1) is 6.20 Å². The van der Waals surface area contributed by atoms with Crippen molar-refractivity contribution in [2.75, 3.05) is 6.79 Å². The minimum absolute atomic E-state index is 0.0219. The highest BCUT2D eigenvalue weighted by molar-refractivity contribution is 5.92. The summed E-state index contributed by atoms with van der Waals surface area (Å²) in [5, 5.41) is 20.1. The fourth-order valence-electron chi connectivity index (χ4n) is 2.44. The predicted octanol–water partition coefficient (Wildman–Crippen LogP) is 3.33. The highest BCUT2D eigenvalue weighted by atomic mass is 16.7. The van der Waals surface area contributed by atoms with Crippen LogP contribution < -0.4 is 14.2 Å². The van der Waals surface area contributed by atoms with Crippen molar-refractivity contribution >= 4 is 10.8 Å². The van der Waals surface area contributed by atoms with E-state index in [4.69, 9.17) is 19.5 Å². The maximum Gasteiger partial charge on any atom is 0.231 e. The first-order valence-corrected chi connectivity index (χ1v) is 6.84. The van der Waals surface area contributed by atoms with Crippen LogP contribution in [0.2, 0.25) is 0 Å². The van der Waals surface area contributed by atoms with E-state index in [1.165, 1.54) is 6.20 Å². The van der Waals surface area contributed by atoms with Crippen LogP contribution in [0.3, 0.4) is 0 Å². The smallest absolute Gasteiger partial charge is 0.231 e. The van der Waals surface area contributed by atoms with Gasteiger partial charge in [-0.15, -0.1) is 0 Å². The molecular weight excluding hydrogens is 296 g/mol. The van der Waals surface area contributed by atoms with Crippen molar-refractivity contribution < 1.29 is 19.3 Å². The van der Waals surface area contributed by atoms with Gasteiger partial charge in [-0.2, -0.15) is 5.26 Å². The molecule has 2 heterocycles. The van der Waals surface area contributed by atoms with E-state index >= 15 is 0 Å². The van der Waals surface area contributed by atoms with E-state index in [2.05, 4.69) is 4.98 Å². The van der Waals surface area contributed by atoms with E-state index in [0.717, 1.165) is 0 Å². The van der Waals surface area contributed by atoms with Crippen LogP contribution >= 0.6 is 0 Å². The number of hydrogen-bond donors (Lipinski definition) is 1. The molecule has 6 nitrogen and oxygen atoms in total. The number of aromatic nitrogens is 1. The molecule has 0 spiro atoms. The van der Waals surface area contributed by atoms with E-state index in [9.17, 15) is 5.11 Å². The molecule has 0 amide bonds. The number of rotatable bonds is 2. The molecule has 4 rings (SSSR count). The first kappa shape index (κ1) is 13.2. The number of nitriles is 1. The number of ether oxygens (including phenoxy) is 3. The molecule has 6 heteroatoms. The molecule has 0 unspecified atom stereocenters. The van der Waals surface area contributed by atoms with E-state index in [-0.39, 0.29) is 18.2 Å². The second-order valence-corrected chi connectivity index (χ2v) is 4.93. The van der Waals surface area contributed by atoms with Gasteiger partial charge in [0.2, 0.25) is 6.79 Å². The van der Waals surface area contributed by atoms with Gasteiger partial charge in [0.25, 0.3) is 0 Å². The summed E-state index contributed by atoms with van der Waals surface area (Å²) < 4.78 is 16.4. The molecule has 0 aliphatic carbocycles. The zero-order valence-corrected chi connectivity index (χ0v) is 11.8. The lowest BCUT2D eigenvalue weighted by atomic mass is 10.1. The van der Waals surface area contributed by atoms with Crippen LogP contribution in [-0.2, 0) is 0 Å². The number of nitrogens with zero attached hydrogens (tertiary/aromatic N) is 2. The summed E-state index contributed by atoms with van der Waals surface area (Å²) in [7, 11) is 0. The van der Waals surface area contributed by atoms with E-state index in [1.807, 2.05) is 6.07 Å². The summed E-state index contributed by atoms with van der Waals surface area (Å²) in [6.07, 6.45) is 1.26. The maximum atomic E-state index is 9.83. The molecule has 0 radical (unpaired) electrons. The Labute approximate surface area is 131 Å². The normalized spacial score (nSPS) is 12.1. The monoisotopic (exact) mass is 306 g/mol. The summed E-state index contributed by atoms with van der Waals surface area (Å²) >= 11 is 0. The minimum Gasteiger partial charge on any atom is -0.506 e. The van der Waals surface area contributed by atoms with Gasteiger partial charge in [-0.25, -0.2) is 4.98 Å². The third-order valence-electron chi connectivity index (χ3n) is 3.52. The van der Waals surface area contributed by atoms with Crippen molar-refractivity contribution in [2.24, 2.45) is 0 Å². The zero-order valence-electron chi connectivity index (χ0n) is 11.8. The fraction of sp³-hybridized carbons (Fsp3) is 0.0588. The Kier molecular flexibility index (Phi) is 2.91. The minimum atomic E-state index is 0.0219. The summed E-state index contributed by atoms with van der Waals surface area (Å²) in [5.41, 5.74) is 0.230. The molecule has 1 N–H and O–H groups in total. The third kappa shape index (κ3) is 2.24. The fourth-order valence-corrected chi connectivity index (χ4v) is 2.44. The maximum absolute atomic E-state index is 9.83. The van der Waals surface area contributed by atoms with Crippen LogP contribution in [0.25, 0.3) is 10.8 Å². The quantitative estimate of drug-likeness (QED) is 0.781. The molecule has 0 saturated carbocycles. The van der Waals surface area contributed by atoms with Gasteiger partial charge in [-0.05, 0) is 30.3 Å². The largest absolute Gasteiger partial charge is 0.506 e. The van der Waals surface area contributed by atoms with Crippen molar-refractivity contribution in [1.82, 2.24) is 4.98 Å². The SMILES string of the molecule is N#Cc1ncc(O)c2ccc(Oc3ccc4c(c3)OCO4)cc12. The van der Waals surface area contributed by atoms with Crippen molar-refractivity contribution in [3.63, 3.8) is 0 Å². The van der Waals surface area contributed by atoms with Gasteiger partial charge in [-0.3, -0.25) is 0 Å². The molecule has 112 valence electrons. The van der Waals surface area contributed by atoms with Gasteiger partial charge >= 0.3 is 0 Å². The topological polar surface area (TPSA) is 84.6 Å². The van der Waals surface area contributed by atoms with Crippen molar-refractivity contribution in [2.45, 2.75) is 0 Å². The molecule has 1 aromatic heterocycles. The molecule has 23 heavy (non-hydrogen) atoms. The van der Waals surface area contributed by atoms with Crippen molar-refractivity contribution in [1.29, 1.82) is 5.26 Å². The number of aromatic hydroxyl groups is 1. The Bertz CT molecular complexity index is 963. The van der Waals surface area contributed by atoms with E-state index in [1.54, 1.807) is 36.4 Å². The first-order chi connectivity index (χ1) is 11.2. The number of hydrogen-bond acceptors (Lipinski definition) is 6. The Morgan fingerprint density at radius 2 is 1.83 bits per heavy atom. The highest BCUT2D eigenvalue weighted by Gasteiger charge is 2.14. The van der Waals surface area contributed by atoms with Gasteiger partial charge in [-0.1, -0.05) is 0 Å². The highest BCUT2D eigenvalue weighted by Crippen LogP contribution is 2.37. The summed E-state index contributed by atoms with van der Waals surface area (Å²) in [5.74, 6) is 2.44. The Morgan fingerprint density at radius 1 is 1.04 bits per heavy atom. The first-order valence-electron chi connectivity index (χ1n) is 6.84. The molecule has 1 aliphatic rings. The second kappa shape index (κ2) is 5.07. The molecule has 2 aromatic carbocycles. The van der Waals surface area contributed by atoms with Gasteiger partial charge < -0.3 is 19.3 Å². The van der Waals surface area contributed by atoms with Crippen LogP contribution in [0.1, 0.15) is 5.69 Å². The lowest BCUT2D eigenvalue weighted by Crippen LogP contribution is -1.92. The summed E-state index contributed by atoms with van der Waals surface area (Å²) in [4.78, 5) is 3.92. The van der Waals surface area contributed by atoms with Crippen LogP contribution in [0.5, 0.6) is 28.7 Å². The standard InChI is InChI=1S/C17H10N2O4/c18-7-14-13-5-10(1-3-12(13)15(20)8-19-14)23-11-2-4-16-17(6-11)22-9-21-16/h1-6,8,20H,9H2. The Morgan fingerprint density at radius 3 is 2.70 bits per heavy atom. The second-order valence-electron chi connectivity index (χ2n) is 4.93. The van der Waals surface area contributed by atoms with Crippen LogP contribution in [0.4, 0.5) is 0 Å². The molecule has 3 aromatic rings. The summed E-state index contributed by atoms with van der Waals surface area (Å²) in [6.45, 7) is 0.200. The molecular formula is C17H10N2O4. The summed E-state index contributed by atoms with van der Waals surface area (Å²) in [6, 6.07) is 12.4. The molecule has 0 fully saturated rings. The van der Waals surface area contributed by atoms with Crippen LogP contribution in [-0.4, -0.2) is 16.9 Å². The average Bonchev–Trinajstić information content (AvgIpc) is 3.03. The number of fused-ring (bicyclic) bond motifs is 2. The van der Waals surface area contributed by atoms with Crippen LogP contribution in [0, 0.1) is 11.3 Å². The number of benzene rings is 2. The third-order valence-corrected chi connectivity index (χ3v) is 3.52. The lowest BCUT2D eigenvalue weighted by molar-refractivity contribution is 0.174. The van der Waals surface area contributed by atoms with E-state index < -0.39 is 0 Å². The van der Waals surface area contributed by atoms with Gasteiger partial charge in [0.15, 0.2) is 11.5 Å². The Hall–Kier alpha value is -3.46. The van der Waals surface area contributed by atoms with Gasteiger partial charge in [0.1, 0.15) is 29.0 Å². The average molecular weight is 306 g/mol. The Balaban J connectivity index is 1.74.